The van der Waals surface area contributed by atoms with Gasteiger partial charge < -0.3 is 19.7 Å². The largest absolute Gasteiger partial charge is 0.493 e. The molecule has 0 spiro atoms. The maximum atomic E-state index is 13.3. The molecule has 0 saturated carbocycles. The summed E-state index contributed by atoms with van der Waals surface area (Å²) in [5, 5.41) is 3.45. The number of carbonyl (C=O) groups excluding carboxylic acids is 1. The number of ether oxygens (including phenoxy) is 2. The Morgan fingerprint density at radius 2 is 2.08 bits per heavy atom. The number of fused-ring (bicyclic) bond motifs is 4. The molecule has 5 nitrogen and oxygen atoms in total. The van der Waals surface area contributed by atoms with Crippen molar-refractivity contribution in [2.24, 2.45) is 0 Å². The lowest BCUT2D eigenvalue weighted by atomic mass is 10.1. The number of anilines is 2. The third-order valence-electron chi connectivity index (χ3n) is 5.11. The van der Waals surface area contributed by atoms with Crippen LogP contribution in [0.15, 0.2) is 36.4 Å². The van der Waals surface area contributed by atoms with Gasteiger partial charge in [0, 0.05) is 18.3 Å². The van der Waals surface area contributed by atoms with Crippen LogP contribution >= 0.6 is 0 Å². The highest BCUT2D eigenvalue weighted by atomic mass is 16.5. The number of carbonyl (C=O) groups is 1. The molecule has 1 amide bonds. The molecule has 1 N–H and O–H groups in total. The topological polar surface area (TPSA) is 50.8 Å². The number of benzene rings is 2. The molecule has 4 rings (SSSR count). The molecule has 0 aliphatic carbocycles. The van der Waals surface area contributed by atoms with Crippen molar-refractivity contribution in [3.05, 3.63) is 47.5 Å². The predicted octanol–water partition coefficient (Wildman–Crippen LogP) is 3.87. The molecular weight excluding hydrogens is 328 g/mol. The zero-order valence-corrected chi connectivity index (χ0v) is 15.2. The molecule has 2 heterocycles. The van der Waals surface area contributed by atoms with Gasteiger partial charge in [-0.2, -0.15) is 0 Å². The van der Waals surface area contributed by atoms with Crippen molar-refractivity contribution in [2.75, 3.05) is 30.5 Å². The summed E-state index contributed by atoms with van der Waals surface area (Å²) in [7, 11) is 1.61. The highest BCUT2D eigenvalue weighted by molar-refractivity contribution is 6.12. The van der Waals surface area contributed by atoms with Crippen LogP contribution in [0.25, 0.3) is 0 Å². The first-order valence-electron chi connectivity index (χ1n) is 9.23. The molecule has 0 saturated heterocycles. The molecular formula is C21H24N2O3. The summed E-state index contributed by atoms with van der Waals surface area (Å²) in [6, 6.07) is 12.0. The lowest BCUT2D eigenvalue weighted by molar-refractivity contribution is 0.0983. The van der Waals surface area contributed by atoms with Crippen LogP contribution in [0.5, 0.6) is 11.5 Å². The smallest absolute Gasteiger partial charge is 0.260 e. The first-order chi connectivity index (χ1) is 12.7. The van der Waals surface area contributed by atoms with Gasteiger partial charge >= 0.3 is 0 Å². The van der Waals surface area contributed by atoms with E-state index in [-0.39, 0.29) is 11.9 Å². The van der Waals surface area contributed by atoms with Crippen molar-refractivity contribution in [3.63, 3.8) is 0 Å². The Labute approximate surface area is 153 Å². The van der Waals surface area contributed by atoms with Gasteiger partial charge in [-0.25, -0.2) is 0 Å². The number of unbranched alkanes of at least 4 members (excludes halogenated alkanes) is 1. The van der Waals surface area contributed by atoms with Gasteiger partial charge in [-0.1, -0.05) is 31.5 Å². The summed E-state index contributed by atoms with van der Waals surface area (Å²) in [6.07, 6.45) is 2.93. The summed E-state index contributed by atoms with van der Waals surface area (Å²) in [5.41, 5.74) is 3.68. The fraction of sp³-hybridized carbons (Fsp3) is 0.381. The van der Waals surface area contributed by atoms with E-state index >= 15 is 0 Å². The summed E-state index contributed by atoms with van der Waals surface area (Å²) < 4.78 is 11.4. The Kier molecular flexibility index (Phi) is 4.45. The van der Waals surface area contributed by atoms with Gasteiger partial charge in [0.05, 0.1) is 31.0 Å². The Morgan fingerprint density at radius 3 is 2.88 bits per heavy atom. The lowest BCUT2D eigenvalue weighted by Gasteiger charge is -2.22. The van der Waals surface area contributed by atoms with Crippen LogP contribution < -0.4 is 19.7 Å². The van der Waals surface area contributed by atoms with E-state index in [4.69, 9.17) is 9.47 Å². The van der Waals surface area contributed by atoms with Crippen molar-refractivity contribution in [1.29, 1.82) is 0 Å². The van der Waals surface area contributed by atoms with Crippen LogP contribution in [-0.4, -0.2) is 32.2 Å². The van der Waals surface area contributed by atoms with Crippen molar-refractivity contribution in [1.82, 2.24) is 0 Å². The summed E-state index contributed by atoms with van der Waals surface area (Å²) in [5.74, 6) is 1.29. The van der Waals surface area contributed by atoms with Gasteiger partial charge in [0.2, 0.25) is 0 Å². The molecule has 1 atom stereocenters. The number of rotatable bonds is 5. The Bertz CT molecular complexity index is 834. The molecule has 0 radical (unpaired) electrons. The van der Waals surface area contributed by atoms with Crippen molar-refractivity contribution >= 4 is 17.3 Å². The molecule has 0 aromatic heterocycles. The molecule has 26 heavy (non-hydrogen) atoms. The van der Waals surface area contributed by atoms with E-state index in [1.165, 1.54) is 5.56 Å². The Balaban J connectivity index is 1.71. The van der Waals surface area contributed by atoms with Gasteiger partial charge in [0.1, 0.15) is 0 Å². The standard InChI is InChI=1S/C21H24N2O3/c1-3-4-9-26-20-12-17-16(11-19(20)25-2)21(24)23-15(13-22-17)10-14-7-5-6-8-18(14)23/h5-8,11-12,15,22H,3-4,9-10,13H2,1-2H3/t15-/m0/s1. The number of methoxy groups -OCH3 is 1. The lowest BCUT2D eigenvalue weighted by Crippen LogP contribution is -2.39. The quantitative estimate of drug-likeness (QED) is 0.830. The number of nitrogens with zero attached hydrogens (tertiary/aromatic N) is 1. The SMILES string of the molecule is CCCCOc1cc2c(cc1OC)C(=O)N1c3ccccc3C[C@H]1CN2. The maximum Gasteiger partial charge on any atom is 0.260 e. The van der Waals surface area contributed by atoms with Crippen LogP contribution in [0.2, 0.25) is 0 Å². The zero-order valence-electron chi connectivity index (χ0n) is 15.2. The van der Waals surface area contributed by atoms with Crippen LogP contribution in [0.1, 0.15) is 35.7 Å². The third-order valence-corrected chi connectivity index (χ3v) is 5.11. The molecule has 5 heteroatoms. The van der Waals surface area contributed by atoms with E-state index in [1.54, 1.807) is 13.2 Å². The van der Waals surface area contributed by atoms with Gasteiger partial charge in [-0.05, 0) is 30.5 Å². The van der Waals surface area contributed by atoms with Gasteiger partial charge in [0.25, 0.3) is 5.91 Å². The van der Waals surface area contributed by atoms with Crippen molar-refractivity contribution in [2.45, 2.75) is 32.2 Å². The average molecular weight is 352 g/mol. The molecule has 2 aromatic carbocycles. The number of amides is 1. The van der Waals surface area contributed by atoms with Crippen LogP contribution in [0, 0.1) is 0 Å². The molecule has 0 fully saturated rings. The first-order valence-corrected chi connectivity index (χ1v) is 9.23. The van der Waals surface area contributed by atoms with E-state index in [9.17, 15) is 4.79 Å². The molecule has 0 unspecified atom stereocenters. The average Bonchev–Trinajstić information content (AvgIpc) is 2.98. The van der Waals surface area contributed by atoms with Crippen LogP contribution in [0.4, 0.5) is 11.4 Å². The normalized spacial score (nSPS) is 17.7. The minimum absolute atomic E-state index is 0.0124. The Hall–Kier alpha value is -2.69. The zero-order chi connectivity index (χ0) is 18.1. The van der Waals surface area contributed by atoms with E-state index < -0.39 is 0 Å². The van der Waals surface area contributed by atoms with Crippen LogP contribution in [-0.2, 0) is 6.42 Å². The highest BCUT2D eigenvalue weighted by Crippen LogP contribution is 2.40. The minimum Gasteiger partial charge on any atom is -0.493 e. The van der Waals surface area contributed by atoms with E-state index in [2.05, 4.69) is 18.3 Å². The summed E-state index contributed by atoms with van der Waals surface area (Å²) >= 11 is 0. The Morgan fingerprint density at radius 1 is 1.23 bits per heavy atom. The molecule has 136 valence electrons. The maximum absolute atomic E-state index is 13.3. The number of hydrogen-bond donors (Lipinski definition) is 1. The third kappa shape index (κ3) is 2.77. The second kappa shape index (κ2) is 6.90. The minimum atomic E-state index is 0.0124. The molecule has 2 aliphatic heterocycles. The fourth-order valence-electron chi connectivity index (χ4n) is 3.74. The number of para-hydroxylation sites is 1. The van der Waals surface area contributed by atoms with E-state index in [1.807, 2.05) is 29.2 Å². The summed E-state index contributed by atoms with van der Waals surface area (Å²) in [6.45, 7) is 3.48. The van der Waals surface area contributed by atoms with Gasteiger partial charge in [0.15, 0.2) is 11.5 Å². The highest BCUT2D eigenvalue weighted by Gasteiger charge is 2.37. The number of nitrogens with one attached hydrogen (secondary N) is 1. The second-order valence-electron chi connectivity index (χ2n) is 6.79. The van der Waals surface area contributed by atoms with Crippen LogP contribution in [0.3, 0.4) is 0 Å². The number of hydrogen-bond acceptors (Lipinski definition) is 4. The monoisotopic (exact) mass is 352 g/mol. The molecule has 0 bridgehead atoms. The van der Waals surface area contributed by atoms with Crippen molar-refractivity contribution in [3.8, 4) is 11.5 Å². The van der Waals surface area contributed by atoms with Gasteiger partial charge in [-0.3, -0.25) is 4.79 Å². The molecule has 2 aliphatic rings. The fourth-order valence-corrected chi connectivity index (χ4v) is 3.74. The van der Waals surface area contributed by atoms with E-state index in [0.717, 1.165) is 30.6 Å². The predicted molar refractivity (Wildman–Crippen MR) is 103 cm³/mol. The molecule has 2 aromatic rings. The second-order valence-corrected chi connectivity index (χ2v) is 6.79. The van der Waals surface area contributed by atoms with E-state index in [0.29, 0.717) is 30.2 Å². The van der Waals surface area contributed by atoms with Crippen molar-refractivity contribution < 1.29 is 14.3 Å². The van der Waals surface area contributed by atoms with Gasteiger partial charge in [-0.15, -0.1) is 0 Å². The summed E-state index contributed by atoms with van der Waals surface area (Å²) in [4.78, 5) is 15.2. The first kappa shape index (κ1) is 16.8.